The van der Waals surface area contributed by atoms with Crippen LogP contribution in [-0.4, -0.2) is 4.98 Å². The van der Waals surface area contributed by atoms with Crippen molar-refractivity contribution >= 4 is 16.6 Å². The molecular weight excluding hydrogens is 268 g/mol. The normalized spacial score (nSPS) is 16.7. The topological polar surface area (TPSA) is 27.8 Å². The van der Waals surface area contributed by atoms with Crippen molar-refractivity contribution in [1.82, 2.24) is 4.98 Å². The van der Waals surface area contributed by atoms with Gasteiger partial charge in [0.1, 0.15) is 0 Å². The fourth-order valence-electron chi connectivity index (χ4n) is 3.76. The lowest BCUT2D eigenvalue weighted by Gasteiger charge is -2.12. The predicted molar refractivity (Wildman–Crippen MR) is 93.6 cm³/mol. The highest BCUT2D eigenvalue weighted by atomic mass is 15.0. The number of anilines is 1. The highest BCUT2D eigenvalue weighted by Crippen LogP contribution is 2.39. The highest BCUT2D eigenvalue weighted by Gasteiger charge is 2.25. The van der Waals surface area contributed by atoms with E-state index in [1.54, 1.807) is 0 Å². The Morgan fingerprint density at radius 3 is 2.59 bits per heavy atom. The zero-order valence-corrected chi connectivity index (χ0v) is 13.2. The smallest absolute Gasteiger partial charge is 0.0576 e. The second-order valence-electron chi connectivity index (χ2n) is 6.14. The molecule has 0 saturated carbocycles. The average molecular weight is 290 g/mol. The summed E-state index contributed by atoms with van der Waals surface area (Å²) in [4.78, 5) is 3.50. The molecule has 3 aromatic rings. The molecule has 2 aromatic carbocycles. The number of H-pyrrole nitrogens is 1. The van der Waals surface area contributed by atoms with Gasteiger partial charge in [-0.05, 0) is 41.5 Å². The van der Waals surface area contributed by atoms with Crippen LogP contribution in [0.15, 0.2) is 42.6 Å². The third-order valence-electron chi connectivity index (χ3n) is 4.95. The Kier molecular flexibility index (Phi) is 3.18. The number of para-hydroxylation sites is 2. The lowest BCUT2D eigenvalue weighted by atomic mass is 10.00. The third kappa shape index (κ3) is 1.94. The number of rotatable bonds is 3. The van der Waals surface area contributed by atoms with Crippen molar-refractivity contribution in [3.8, 4) is 0 Å². The molecule has 4 rings (SSSR count). The molecule has 0 radical (unpaired) electrons. The van der Waals surface area contributed by atoms with Crippen LogP contribution >= 0.6 is 0 Å². The first-order valence-electron chi connectivity index (χ1n) is 8.28. The number of nitrogens with one attached hydrogen (secondary N) is 2. The van der Waals surface area contributed by atoms with Gasteiger partial charge in [-0.2, -0.15) is 0 Å². The molecule has 0 aliphatic carbocycles. The van der Waals surface area contributed by atoms with Gasteiger partial charge in [-0.3, -0.25) is 0 Å². The summed E-state index contributed by atoms with van der Waals surface area (Å²) in [5, 5.41) is 5.13. The van der Waals surface area contributed by atoms with Gasteiger partial charge in [-0.1, -0.05) is 50.2 Å². The maximum absolute atomic E-state index is 3.77. The summed E-state index contributed by atoms with van der Waals surface area (Å²) < 4.78 is 0. The molecule has 0 fully saturated rings. The summed E-state index contributed by atoms with van der Waals surface area (Å²) in [5.41, 5.74) is 8.32. The SMILES string of the molecule is CCc1cccc2c1NC(c1c[nH]c3c(CC)cccc13)C2. The van der Waals surface area contributed by atoms with Crippen molar-refractivity contribution < 1.29 is 0 Å². The number of hydrogen-bond donors (Lipinski definition) is 2. The number of fused-ring (bicyclic) bond motifs is 2. The monoisotopic (exact) mass is 290 g/mol. The molecule has 1 unspecified atom stereocenters. The van der Waals surface area contributed by atoms with Gasteiger partial charge in [0, 0.05) is 22.8 Å². The van der Waals surface area contributed by atoms with Gasteiger partial charge in [0.25, 0.3) is 0 Å². The Bertz CT molecular complexity index is 829. The largest absolute Gasteiger partial charge is 0.377 e. The molecule has 112 valence electrons. The van der Waals surface area contributed by atoms with Crippen LogP contribution in [-0.2, 0) is 19.3 Å². The van der Waals surface area contributed by atoms with Crippen molar-refractivity contribution in [3.63, 3.8) is 0 Å². The molecular formula is C20H22N2. The van der Waals surface area contributed by atoms with E-state index in [0.717, 1.165) is 19.3 Å². The Balaban J connectivity index is 1.76. The molecule has 2 N–H and O–H groups in total. The molecule has 1 aliphatic heterocycles. The standard InChI is InChI=1S/C20H22N2/c1-3-13-7-5-9-15-11-18(22-19(13)15)17-12-21-20-14(4-2)8-6-10-16(17)20/h5-10,12,18,21-22H,3-4,11H2,1-2H3. The van der Waals surface area contributed by atoms with Gasteiger partial charge in [0.05, 0.1) is 6.04 Å². The summed E-state index contributed by atoms with van der Waals surface area (Å²) in [7, 11) is 0. The zero-order chi connectivity index (χ0) is 15.1. The minimum atomic E-state index is 0.378. The molecule has 1 aromatic heterocycles. The van der Waals surface area contributed by atoms with E-state index >= 15 is 0 Å². The number of aromatic nitrogens is 1. The molecule has 2 nitrogen and oxygen atoms in total. The molecule has 2 heterocycles. The van der Waals surface area contributed by atoms with Crippen molar-refractivity contribution in [2.45, 2.75) is 39.2 Å². The van der Waals surface area contributed by atoms with E-state index in [-0.39, 0.29) is 0 Å². The fourth-order valence-corrected chi connectivity index (χ4v) is 3.76. The predicted octanol–water partition coefficient (Wildman–Crippen LogP) is 5.00. The van der Waals surface area contributed by atoms with Crippen LogP contribution in [0, 0.1) is 0 Å². The van der Waals surface area contributed by atoms with Crippen molar-refractivity contribution in [2.24, 2.45) is 0 Å². The average Bonchev–Trinajstić information content (AvgIpc) is 3.17. The molecule has 22 heavy (non-hydrogen) atoms. The second kappa shape index (κ2) is 5.20. The fraction of sp³-hybridized carbons (Fsp3) is 0.300. The summed E-state index contributed by atoms with van der Waals surface area (Å²) in [6.45, 7) is 4.44. The van der Waals surface area contributed by atoms with Crippen LogP contribution in [0.4, 0.5) is 5.69 Å². The van der Waals surface area contributed by atoms with Gasteiger partial charge in [-0.25, -0.2) is 0 Å². The van der Waals surface area contributed by atoms with Crippen LogP contribution < -0.4 is 5.32 Å². The molecule has 0 spiro atoms. The van der Waals surface area contributed by atoms with Crippen molar-refractivity contribution in [2.75, 3.05) is 5.32 Å². The van der Waals surface area contributed by atoms with Gasteiger partial charge in [-0.15, -0.1) is 0 Å². The number of aryl methyl sites for hydroxylation is 2. The molecule has 1 atom stereocenters. The van der Waals surface area contributed by atoms with E-state index < -0.39 is 0 Å². The summed E-state index contributed by atoms with van der Waals surface area (Å²) in [6, 6.07) is 13.7. The maximum Gasteiger partial charge on any atom is 0.0576 e. The molecule has 2 heteroatoms. The van der Waals surface area contributed by atoms with Crippen LogP contribution in [0.1, 0.15) is 42.1 Å². The summed E-state index contributed by atoms with van der Waals surface area (Å²) in [5.74, 6) is 0. The molecule has 0 amide bonds. The number of aromatic amines is 1. The van der Waals surface area contributed by atoms with E-state index in [0.29, 0.717) is 6.04 Å². The lowest BCUT2D eigenvalue weighted by Crippen LogP contribution is -2.05. The van der Waals surface area contributed by atoms with Crippen LogP contribution in [0.5, 0.6) is 0 Å². The first-order valence-corrected chi connectivity index (χ1v) is 8.28. The van der Waals surface area contributed by atoms with E-state index in [1.807, 2.05) is 0 Å². The van der Waals surface area contributed by atoms with Gasteiger partial charge in [0.2, 0.25) is 0 Å². The van der Waals surface area contributed by atoms with E-state index in [1.165, 1.54) is 38.8 Å². The number of benzene rings is 2. The quantitative estimate of drug-likeness (QED) is 0.698. The summed E-state index contributed by atoms with van der Waals surface area (Å²) in [6.07, 6.45) is 5.41. The molecule has 1 aliphatic rings. The third-order valence-corrected chi connectivity index (χ3v) is 4.95. The second-order valence-corrected chi connectivity index (χ2v) is 6.14. The van der Waals surface area contributed by atoms with E-state index in [9.17, 15) is 0 Å². The first kappa shape index (κ1) is 13.4. The first-order chi connectivity index (χ1) is 10.8. The van der Waals surface area contributed by atoms with Crippen molar-refractivity contribution in [1.29, 1.82) is 0 Å². The van der Waals surface area contributed by atoms with Gasteiger partial charge < -0.3 is 10.3 Å². The molecule has 0 bridgehead atoms. The highest BCUT2D eigenvalue weighted by molar-refractivity contribution is 5.87. The Morgan fingerprint density at radius 2 is 1.77 bits per heavy atom. The Morgan fingerprint density at radius 1 is 1.00 bits per heavy atom. The lowest BCUT2D eigenvalue weighted by molar-refractivity contribution is 0.831. The minimum Gasteiger partial charge on any atom is -0.377 e. The van der Waals surface area contributed by atoms with Crippen LogP contribution in [0.2, 0.25) is 0 Å². The van der Waals surface area contributed by atoms with E-state index in [2.05, 4.69) is 66.7 Å². The van der Waals surface area contributed by atoms with Crippen LogP contribution in [0.3, 0.4) is 0 Å². The Hall–Kier alpha value is -2.22. The zero-order valence-electron chi connectivity index (χ0n) is 13.2. The number of hydrogen-bond acceptors (Lipinski definition) is 1. The Labute approximate surface area is 131 Å². The maximum atomic E-state index is 3.77. The van der Waals surface area contributed by atoms with Gasteiger partial charge >= 0.3 is 0 Å². The summed E-state index contributed by atoms with van der Waals surface area (Å²) >= 11 is 0. The van der Waals surface area contributed by atoms with Crippen molar-refractivity contribution in [3.05, 3.63) is 64.8 Å². The van der Waals surface area contributed by atoms with Crippen LogP contribution in [0.25, 0.3) is 10.9 Å². The minimum absolute atomic E-state index is 0.378. The van der Waals surface area contributed by atoms with E-state index in [4.69, 9.17) is 0 Å². The molecule has 0 saturated heterocycles. The van der Waals surface area contributed by atoms with Gasteiger partial charge in [0.15, 0.2) is 0 Å².